The summed E-state index contributed by atoms with van der Waals surface area (Å²) in [6, 6.07) is 7.87. The van der Waals surface area contributed by atoms with E-state index in [1.807, 2.05) is 12.1 Å². The number of hydrogen-bond donors (Lipinski definition) is 0. The van der Waals surface area contributed by atoms with Crippen LogP contribution in [0.5, 0.6) is 5.75 Å². The Morgan fingerprint density at radius 2 is 2.00 bits per heavy atom. The molecule has 0 aromatic heterocycles. The first-order chi connectivity index (χ1) is 12.5. The smallest absolute Gasteiger partial charge is 0.306 e. The molecule has 0 spiro atoms. The Bertz CT molecular complexity index is 584. The van der Waals surface area contributed by atoms with Gasteiger partial charge in [0.1, 0.15) is 5.75 Å². The highest BCUT2D eigenvalue weighted by atomic mass is 16.5. The van der Waals surface area contributed by atoms with Crippen LogP contribution >= 0.6 is 0 Å². The van der Waals surface area contributed by atoms with Crippen molar-refractivity contribution in [3.05, 3.63) is 29.8 Å². The summed E-state index contributed by atoms with van der Waals surface area (Å²) in [6.45, 7) is 9.08. The summed E-state index contributed by atoms with van der Waals surface area (Å²) < 4.78 is 10.7. The average Bonchev–Trinajstić information content (AvgIpc) is 3.03. The zero-order valence-corrected chi connectivity index (χ0v) is 16.2. The van der Waals surface area contributed by atoms with Gasteiger partial charge in [-0.2, -0.15) is 0 Å². The van der Waals surface area contributed by atoms with E-state index in [1.54, 1.807) is 26.0 Å². The Labute approximate surface area is 156 Å². The number of Topliss-reactive ketones (excluding diaryl/α,β-unsaturated/α-hetero) is 1. The minimum absolute atomic E-state index is 0.0485. The van der Waals surface area contributed by atoms with E-state index in [0.29, 0.717) is 24.8 Å². The predicted octanol–water partition coefficient (Wildman–Crippen LogP) is 3.71. The van der Waals surface area contributed by atoms with Crippen LogP contribution in [0.25, 0.3) is 0 Å². The fourth-order valence-electron chi connectivity index (χ4n) is 3.35. The quantitative estimate of drug-likeness (QED) is 0.361. The zero-order chi connectivity index (χ0) is 18.9. The number of nitrogens with zero attached hydrogens (tertiary/aromatic N) is 1. The number of carbonyl (C=O) groups excluding carboxylic acids is 2. The van der Waals surface area contributed by atoms with Gasteiger partial charge in [-0.1, -0.05) is 6.92 Å². The van der Waals surface area contributed by atoms with E-state index < -0.39 is 0 Å². The molecule has 1 aliphatic heterocycles. The summed E-state index contributed by atoms with van der Waals surface area (Å²) in [7, 11) is 0. The number of benzene rings is 1. The number of ether oxygens (including phenoxy) is 2. The van der Waals surface area contributed by atoms with Crippen LogP contribution in [-0.4, -0.2) is 49.0 Å². The Morgan fingerprint density at radius 3 is 2.62 bits per heavy atom. The summed E-state index contributed by atoms with van der Waals surface area (Å²) >= 11 is 0. The molecule has 0 bridgehead atoms. The van der Waals surface area contributed by atoms with Gasteiger partial charge in [-0.3, -0.25) is 9.59 Å². The second kappa shape index (κ2) is 10.3. The number of hydrogen-bond acceptors (Lipinski definition) is 5. The van der Waals surface area contributed by atoms with E-state index in [-0.39, 0.29) is 24.1 Å². The highest BCUT2D eigenvalue weighted by Crippen LogP contribution is 2.19. The van der Waals surface area contributed by atoms with Gasteiger partial charge in [0.05, 0.1) is 19.6 Å². The van der Waals surface area contributed by atoms with Gasteiger partial charge in [0.25, 0.3) is 0 Å². The van der Waals surface area contributed by atoms with Crippen LogP contribution in [0, 0.1) is 5.92 Å². The minimum Gasteiger partial charge on any atom is -0.494 e. The van der Waals surface area contributed by atoms with E-state index in [9.17, 15) is 9.59 Å². The molecular formula is C21H31NO4. The summed E-state index contributed by atoms with van der Waals surface area (Å²) in [4.78, 5) is 26.4. The zero-order valence-electron chi connectivity index (χ0n) is 16.2. The number of rotatable bonds is 10. The van der Waals surface area contributed by atoms with E-state index in [1.165, 1.54) is 19.4 Å². The van der Waals surface area contributed by atoms with E-state index in [0.717, 1.165) is 18.7 Å². The molecule has 2 unspecified atom stereocenters. The summed E-state index contributed by atoms with van der Waals surface area (Å²) in [5, 5.41) is 0. The summed E-state index contributed by atoms with van der Waals surface area (Å²) in [5.41, 5.74) is 0.597. The maximum atomic E-state index is 12.4. The van der Waals surface area contributed by atoms with Gasteiger partial charge < -0.3 is 14.4 Å². The number of carbonyl (C=O) groups is 2. The third-order valence-corrected chi connectivity index (χ3v) is 4.91. The lowest BCUT2D eigenvalue weighted by Gasteiger charge is -2.20. The summed E-state index contributed by atoms with van der Waals surface area (Å²) in [6.07, 6.45) is 3.71. The molecule has 0 aliphatic carbocycles. The molecule has 2 rings (SSSR count). The first-order valence-corrected chi connectivity index (χ1v) is 9.68. The number of esters is 1. The highest BCUT2D eigenvalue weighted by molar-refractivity contribution is 5.99. The Hall–Kier alpha value is -1.88. The van der Waals surface area contributed by atoms with Crippen LogP contribution in [0.1, 0.15) is 56.8 Å². The van der Waals surface area contributed by atoms with E-state index in [2.05, 4.69) is 11.8 Å². The highest BCUT2D eigenvalue weighted by Gasteiger charge is 2.20. The van der Waals surface area contributed by atoms with E-state index >= 15 is 0 Å². The van der Waals surface area contributed by atoms with Crippen LogP contribution in [-0.2, 0) is 9.53 Å². The van der Waals surface area contributed by atoms with Crippen LogP contribution in [0.15, 0.2) is 24.3 Å². The molecule has 0 N–H and O–H groups in total. The van der Waals surface area contributed by atoms with Gasteiger partial charge in [-0.15, -0.1) is 0 Å². The van der Waals surface area contributed by atoms with Gasteiger partial charge >= 0.3 is 5.97 Å². The van der Waals surface area contributed by atoms with Gasteiger partial charge in [0.15, 0.2) is 5.78 Å². The first-order valence-electron chi connectivity index (χ1n) is 9.68. The molecule has 1 heterocycles. The number of likely N-dealkylation sites (tertiary alicyclic amines) is 1. The minimum atomic E-state index is -0.386. The molecule has 5 heteroatoms. The Morgan fingerprint density at radius 1 is 1.27 bits per heavy atom. The average molecular weight is 361 g/mol. The Kier molecular flexibility index (Phi) is 8.10. The fraction of sp³-hybridized carbons (Fsp3) is 0.619. The van der Waals surface area contributed by atoms with Crippen LogP contribution in [0.2, 0.25) is 0 Å². The molecule has 1 aliphatic rings. The van der Waals surface area contributed by atoms with Crippen LogP contribution in [0.4, 0.5) is 0 Å². The standard InChI is InChI=1S/C21H31NO4/c1-4-25-20(23)15-16(2)21(24)18-8-10-19(11-9-18)26-14-6-13-22-12-5-7-17(22)3/h8-11,16-17H,4-7,12-15H2,1-3H3. The molecule has 1 aromatic rings. The third kappa shape index (κ3) is 6.13. The second-order valence-corrected chi connectivity index (χ2v) is 7.03. The molecule has 2 atom stereocenters. The summed E-state index contributed by atoms with van der Waals surface area (Å²) in [5.74, 6) is 0.00517. The van der Waals surface area contributed by atoms with Gasteiger partial charge in [0.2, 0.25) is 0 Å². The van der Waals surface area contributed by atoms with Crippen molar-refractivity contribution in [2.45, 2.75) is 52.5 Å². The van der Waals surface area contributed by atoms with Crippen molar-refractivity contribution in [2.24, 2.45) is 5.92 Å². The molecular weight excluding hydrogens is 330 g/mol. The monoisotopic (exact) mass is 361 g/mol. The van der Waals surface area contributed by atoms with Crippen LogP contribution in [0.3, 0.4) is 0 Å². The van der Waals surface area contributed by atoms with Gasteiger partial charge in [-0.25, -0.2) is 0 Å². The van der Waals surface area contributed by atoms with Crippen molar-refractivity contribution in [2.75, 3.05) is 26.3 Å². The van der Waals surface area contributed by atoms with E-state index in [4.69, 9.17) is 9.47 Å². The lowest BCUT2D eigenvalue weighted by Crippen LogP contribution is -2.28. The van der Waals surface area contributed by atoms with Crippen molar-refractivity contribution in [3.63, 3.8) is 0 Å². The molecule has 1 fully saturated rings. The maximum Gasteiger partial charge on any atom is 0.306 e. The lowest BCUT2D eigenvalue weighted by molar-refractivity contribution is -0.143. The predicted molar refractivity (Wildman–Crippen MR) is 102 cm³/mol. The van der Waals surface area contributed by atoms with Crippen molar-refractivity contribution in [1.82, 2.24) is 4.90 Å². The normalized spacial score (nSPS) is 18.5. The third-order valence-electron chi connectivity index (χ3n) is 4.91. The second-order valence-electron chi connectivity index (χ2n) is 7.03. The lowest BCUT2D eigenvalue weighted by atomic mass is 9.96. The van der Waals surface area contributed by atoms with Crippen molar-refractivity contribution in [1.29, 1.82) is 0 Å². The molecule has 1 aromatic carbocycles. The molecule has 0 amide bonds. The molecule has 144 valence electrons. The molecule has 0 radical (unpaired) electrons. The van der Waals surface area contributed by atoms with Gasteiger partial charge in [-0.05, 0) is 63.9 Å². The topological polar surface area (TPSA) is 55.8 Å². The van der Waals surface area contributed by atoms with Crippen molar-refractivity contribution in [3.8, 4) is 5.75 Å². The number of ketones is 1. The SMILES string of the molecule is CCOC(=O)CC(C)C(=O)c1ccc(OCCCN2CCCC2C)cc1. The Balaban J connectivity index is 1.74. The van der Waals surface area contributed by atoms with Crippen molar-refractivity contribution < 1.29 is 19.1 Å². The van der Waals surface area contributed by atoms with Crippen LogP contribution < -0.4 is 4.74 Å². The first kappa shape index (κ1) is 20.4. The molecule has 5 nitrogen and oxygen atoms in total. The largest absolute Gasteiger partial charge is 0.494 e. The molecule has 1 saturated heterocycles. The van der Waals surface area contributed by atoms with Crippen molar-refractivity contribution >= 4 is 11.8 Å². The molecule has 0 saturated carbocycles. The molecule has 26 heavy (non-hydrogen) atoms. The van der Waals surface area contributed by atoms with Gasteiger partial charge in [0, 0.05) is 24.1 Å². The maximum absolute atomic E-state index is 12.4. The fourth-order valence-corrected chi connectivity index (χ4v) is 3.35.